The van der Waals surface area contributed by atoms with Crippen molar-refractivity contribution in [1.82, 2.24) is 4.31 Å². The molecule has 1 unspecified atom stereocenters. The first-order valence-corrected chi connectivity index (χ1v) is 9.79. The third kappa shape index (κ3) is 4.48. The first-order valence-electron chi connectivity index (χ1n) is 6.36. The highest BCUT2D eigenvalue weighted by atomic mass is 79.9. The van der Waals surface area contributed by atoms with Gasteiger partial charge < -0.3 is 5.73 Å². The number of thiocarbonyl (C=S) groups is 1. The van der Waals surface area contributed by atoms with Crippen LogP contribution >= 0.6 is 44.1 Å². The van der Waals surface area contributed by atoms with Crippen LogP contribution < -0.4 is 5.73 Å². The van der Waals surface area contributed by atoms with Crippen LogP contribution in [0.15, 0.2) is 26.0 Å². The Morgan fingerprint density at radius 1 is 1.38 bits per heavy atom. The number of sulfonamides is 1. The molecule has 0 fully saturated rings. The largest absolute Gasteiger partial charge is 0.393 e. The highest BCUT2D eigenvalue weighted by Crippen LogP contribution is 2.31. The van der Waals surface area contributed by atoms with Gasteiger partial charge in [-0.3, -0.25) is 0 Å². The molecular formula is C13H18Br2N2O2S2. The van der Waals surface area contributed by atoms with Crippen LogP contribution in [-0.2, 0) is 10.0 Å². The molecule has 0 saturated carbocycles. The highest BCUT2D eigenvalue weighted by molar-refractivity contribution is 9.11. The summed E-state index contributed by atoms with van der Waals surface area (Å²) in [6, 6.07) is 3.39. The molecule has 1 atom stereocenters. The number of nitrogens with two attached hydrogens (primary N) is 1. The van der Waals surface area contributed by atoms with Gasteiger partial charge in [0.05, 0.1) is 9.88 Å². The molecule has 0 radical (unpaired) electrons. The van der Waals surface area contributed by atoms with E-state index in [-0.39, 0.29) is 17.4 Å². The Bertz CT molecular complexity index is 648. The zero-order chi connectivity index (χ0) is 16.4. The van der Waals surface area contributed by atoms with Gasteiger partial charge in [-0.1, -0.05) is 42.0 Å². The molecule has 1 aromatic rings. The lowest BCUT2D eigenvalue weighted by Gasteiger charge is -2.24. The fraction of sp³-hybridized carbons (Fsp3) is 0.462. The molecule has 0 aliphatic heterocycles. The molecule has 0 spiro atoms. The number of halogens is 2. The van der Waals surface area contributed by atoms with Gasteiger partial charge in [0.1, 0.15) is 0 Å². The number of benzene rings is 1. The Balaban J connectivity index is 3.25. The fourth-order valence-corrected chi connectivity index (χ4v) is 5.01. The normalized spacial score (nSPS) is 13.4. The lowest BCUT2D eigenvalue weighted by Crippen LogP contribution is -2.38. The average molecular weight is 458 g/mol. The smallest absolute Gasteiger partial charge is 0.244 e. The summed E-state index contributed by atoms with van der Waals surface area (Å²) < 4.78 is 28.3. The summed E-state index contributed by atoms with van der Waals surface area (Å²) in [4.78, 5) is 0.546. The second-order valence-corrected chi connectivity index (χ2v) is 8.88. The van der Waals surface area contributed by atoms with Crippen LogP contribution in [0.3, 0.4) is 0 Å². The molecule has 1 aromatic carbocycles. The maximum atomic E-state index is 12.8. The van der Waals surface area contributed by atoms with Gasteiger partial charge >= 0.3 is 0 Å². The van der Waals surface area contributed by atoms with Crippen LogP contribution in [0.4, 0.5) is 0 Å². The number of hydrogen-bond acceptors (Lipinski definition) is 3. The van der Waals surface area contributed by atoms with Gasteiger partial charge in [-0.15, -0.1) is 0 Å². The van der Waals surface area contributed by atoms with Gasteiger partial charge in [0.15, 0.2) is 0 Å². The minimum Gasteiger partial charge on any atom is -0.393 e. The molecule has 1 rings (SSSR count). The van der Waals surface area contributed by atoms with E-state index in [1.54, 1.807) is 19.1 Å². The lowest BCUT2D eigenvalue weighted by atomic mass is 10.2. The van der Waals surface area contributed by atoms with Crippen molar-refractivity contribution in [2.75, 3.05) is 13.1 Å². The summed E-state index contributed by atoms with van der Waals surface area (Å²) >= 11 is 11.6. The quantitative estimate of drug-likeness (QED) is 0.664. The second-order valence-electron chi connectivity index (χ2n) is 4.79. The minimum atomic E-state index is -3.61. The van der Waals surface area contributed by atoms with Crippen LogP contribution in [0.5, 0.6) is 0 Å². The van der Waals surface area contributed by atoms with E-state index in [1.807, 2.05) is 13.8 Å². The first-order chi connectivity index (χ1) is 9.61. The van der Waals surface area contributed by atoms with Crippen molar-refractivity contribution >= 4 is 59.1 Å². The van der Waals surface area contributed by atoms with E-state index in [2.05, 4.69) is 31.9 Å². The van der Waals surface area contributed by atoms with E-state index in [4.69, 9.17) is 18.0 Å². The van der Waals surface area contributed by atoms with Crippen molar-refractivity contribution in [2.45, 2.75) is 25.7 Å². The van der Waals surface area contributed by atoms with Gasteiger partial charge in [0.2, 0.25) is 10.0 Å². The van der Waals surface area contributed by atoms with Crippen molar-refractivity contribution in [3.05, 3.63) is 26.6 Å². The Hall–Kier alpha value is -0.0200. The van der Waals surface area contributed by atoms with E-state index in [0.717, 1.165) is 10.0 Å². The molecule has 0 aliphatic rings. The van der Waals surface area contributed by atoms with E-state index in [9.17, 15) is 8.42 Å². The van der Waals surface area contributed by atoms with Crippen molar-refractivity contribution in [3.63, 3.8) is 0 Å². The predicted octanol–water partition coefficient (Wildman–Crippen LogP) is 3.45. The van der Waals surface area contributed by atoms with Crippen LogP contribution in [0.1, 0.15) is 19.4 Å². The topological polar surface area (TPSA) is 63.4 Å². The Kier molecular flexibility index (Phi) is 6.80. The number of aryl methyl sites for hydroxylation is 1. The second kappa shape index (κ2) is 7.50. The Labute approximate surface area is 148 Å². The molecule has 0 aromatic heterocycles. The van der Waals surface area contributed by atoms with E-state index in [0.29, 0.717) is 16.0 Å². The summed E-state index contributed by atoms with van der Waals surface area (Å²) in [5.41, 5.74) is 6.55. The van der Waals surface area contributed by atoms with Crippen LogP contribution in [0, 0.1) is 12.8 Å². The molecule has 0 aliphatic carbocycles. The maximum absolute atomic E-state index is 12.8. The summed E-state index contributed by atoms with van der Waals surface area (Å²) in [5.74, 6) is -0.178. The van der Waals surface area contributed by atoms with Crippen molar-refractivity contribution in [1.29, 1.82) is 0 Å². The van der Waals surface area contributed by atoms with Gasteiger partial charge in [-0.25, -0.2) is 8.42 Å². The maximum Gasteiger partial charge on any atom is 0.244 e. The number of rotatable bonds is 6. The third-order valence-corrected chi connectivity index (χ3v) is 7.30. The van der Waals surface area contributed by atoms with E-state index >= 15 is 0 Å². The predicted molar refractivity (Wildman–Crippen MR) is 97.0 cm³/mol. The Morgan fingerprint density at radius 2 is 1.95 bits per heavy atom. The number of hydrogen-bond donors (Lipinski definition) is 1. The van der Waals surface area contributed by atoms with Crippen molar-refractivity contribution < 1.29 is 8.42 Å². The highest BCUT2D eigenvalue weighted by Gasteiger charge is 2.27. The minimum absolute atomic E-state index is 0.178. The molecule has 8 heteroatoms. The summed E-state index contributed by atoms with van der Waals surface area (Å²) in [6.45, 7) is 6.14. The van der Waals surface area contributed by atoms with Gasteiger partial charge in [-0.05, 0) is 40.5 Å². The van der Waals surface area contributed by atoms with E-state index < -0.39 is 10.0 Å². The zero-order valence-corrected chi connectivity index (χ0v) is 16.9. The van der Waals surface area contributed by atoms with E-state index in [1.165, 1.54) is 4.31 Å². The first kappa shape index (κ1) is 19.0. The van der Waals surface area contributed by atoms with Gasteiger partial charge in [0, 0.05) is 28.0 Å². The van der Waals surface area contributed by atoms with Crippen LogP contribution in [0.2, 0.25) is 0 Å². The van der Waals surface area contributed by atoms with Crippen molar-refractivity contribution in [3.8, 4) is 0 Å². The summed E-state index contributed by atoms with van der Waals surface area (Å²) in [6.07, 6.45) is 0. The lowest BCUT2D eigenvalue weighted by molar-refractivity contribution is 0.405. The van der Waals surface area contributed by atoms with Crippen LogP contribution in [0.25, 0.3) is 0 Å². The zero-order valence-electron chi connectivity index (χ0n) is 12.1. The monoisotopic (exact) mass is 456 g/mol. The molecule has 118 valence electrons. The molecular weight excluding hydrogens is 440 g/mol. The molecule has 0 amide bonds. The van der Waals surface area contributed by atoms with Crippen molar-refractivity contribution in [2.24, 2.45) is 11.7 Å². The van der Waals surface area contributed by atoms with Gasteiger partial charge in [-0.2, -0.15) is 4.31 Å². The van der Waals surface area contributed by atoms with Gasteiger partial charge in [0.25, 0.3) is 0 Å². The molecule has 0 bridgehead atoms. The average Bonchev–Trinajstić information content (AvgIpc) is 2.39. The summed E-state index contributed by atoms with van der Waals surface area (Å²) in [5, 5.41) is 0. The molecule has 4 nitrogen and oxygen atoms in total. The standard InChI is InChI=1S/C13H18Br2N2O2S2/c1-4-17(7-9(3)13(16)20)21(18,19)12-6-10(14)8(2)5-11(12)15/h5-6,9H,4,7H2,1-3H3,(H2,16,20). The fourth-order valence-electron chi connectivity index (χ4n) is 1.76. The molecule has 21 heavy (non-hydrogen) atoms. The SMILES string of the molecule is CCN(CC(C)C(N)=S)S(=O)(=O)c1cc(Br)c(C)cc1Br. The molecule has 0 saturated heterocycles. The number of nitrogens with zero attached hydrogens (tertiary/aromatic N) is 1. The molecule has 0 heterocycles. The van der Waals surface area contributed by atoms with Crippen LogP contribution in [-0.4, -0.2) is 30.8 Å². The molecule has 2 N–H and O–H groups in total. The third-order valence-electron chi connectivity index (χ3n) is 3.15. The summed E-state index contributed by atoms with van der Waals surface area (Å²) in [7, 11) is -3.61. The Morgan fingerprint density at radius 3 is 2.43 bits per heavy atom.